The summed E-state index contributed by atoms with van der Waals surface area (Å²) in [6.45, 7) is 3.60. The molecule has 1 saturated heterocycles. The first kappa shape index (κ1) is 16.8. The summed E-state index contributed by atoms with van der Waals surface area (Å²) in [5.74, 6) is -0.425. The molecule has 1 heterocycles. The second-order valence-electron chi connectivity index (χ2n) is 6.41. The highest BCUT2D eigenvalue weighted by Gasteiger charge is 2.49. The molecule has 0 unspecified atom stereocenters. The van der Waals surface area contributed by atoms with Gasteiger partial charge >= 0.3 is 6.03 Å². The summed E-state index contributed by atoms with van der Waals surface area (Å²) >= 11 is 0. The van der Waals surface area contributed by atoms with Gasteiger partial charge in [-0.05, 0) is 25.7 Å². The van der Waals surface area contributed by atoms with Crippen molar-refractivity contribution >= 4 is 17.8 Å². The van der Waals surface area contributed by atoms with Crippen molar-refractivity contribution in [3.63, 3.8) is 0 Å². The molecule has 2 rings (SSSR count). The van der Waals surface area contributed by atoms with Gasteiger partial charge in [-0.25, -0.2) is 4.79 Å². The predicted octanol–water partition coefficient (Wildman–Crippen LogP) is 1.89. The average Bonchev–Trinajstić information content (AvgIpc) is 2.79. The highest BCUT2D eigenvalue weighted by Crippen LogP contribution is 2.26. The Balaban J connectivity index is 2.01. The van der Waals surface area contributed by atoms with Crippen LogP contribution in [-0.2, 0) is 9.59 Å². The zero-order valence-electron chi connectivity index (χ0n) is 13.9. The summed E-state index contributed by atoms with van der Waals surface area (Å²) in [5, 5.41) is 2.76. The average molecular weight is 309 g/mol. The van der Waals surface area contributed by atoms with Crippen LogP contribution in [0.15, 0.2) is 0 Å². The van der Waals surface area contributed by atoms with E-state index in [9.17, 15) is 14.4 Å². The second kappa shape index (κ2) is 6.67. The fraction of sp³-hybridized carbons (Fsp3) is 0.812. The largest absolute Gasteiger partial charge is 0.341 e. The van der Waals surface area contributed by atoms with Crippen molar-refractivity contribution in [1.82, 2.24) is 15.1 Å². The molecule has 22 heavy (non-hydrogen) atoms. The first-order valence-corrected chi connectivity index (χ1v) is 8.35. The lowest BCUT2D eigenvalue weighted by Gasteiger charge is -2.32. The van der Waals surface area contributed by atoms with Crippen molar-refractivity contribution in [3.05, 3.63) is 0 Å². The molecule has 0 aromatic heterocycles. The van der Waals surface area contributed by atoms with Gasteiger partial charge in [-0.1, -0.05) is 33.1 Å². The molecule has 0 spiro atoms. The van der Waals surface area contributed by atoms with Gasteiger partial charge in [-0.3, -0.25) is 14.5 Å². The Labute approximate surface area is 132 Å². The van der Waals surface area contributed by atoms with Crippen molar-refractivity contribution in [2.24, 2.45) is 0 Å². The van der Waals surface area contributed by atoms with Crippen LogP contribution in [0.25, 0.3) is 0 Å². The van der Waals surface area contributed by atoms with Crippen LogP contribution >= 0.6 is 0 Å². The molecular formula is C16H27N3O3. The number of hydrogen-bond donors (Lipinski definition) is 1. The van der Waals surface area contributed by atoms with Gasteiger partial charge in [0.25, 0.3) is 5.91 Å². The summed E-state index contributed by atoms with van der Waals surface area (Å²) in [4.78, 5) is 39.8. The SMILES string of the molecule is CCC1(CC)NC(=O)N(CC(=O)N(C)C2CCCCC2)C1=O. The molecule has 0 aromatic carbocycles. The van der Waals surface area contributed by atoms with E-state index in [1.54, 1.807) is 11.9 Å². The third-order valence-corrected chi connectivity index (χ3v) is 5.26. The molecule has 0 bridgehead atoms. The molecule has 1 N–H and O–H groups in total. The molecule has 1 aliphatic heterocycles. The van der Waals surface area contributed by atoms with Crippen LogP contribution < -0.4 is 5.32 Å². The van der Waals surface area contributed by atoms with Gasteiger partial charge in [0.15, 0.2) is 0 Å². The van der Waals surface area contributed by atoms with Crippen molar-refractivity contribution in [1.29, 1.82) is 0 Å². The highest BCUT2D eigenvalue weighted by molar-refractivity contribution is 6.08. The summed E-state index contributed by atoms with van der Waals surface area (Å²) in [6, 6.07) is -0.205. The van der Waals surface area contributed by atoms with Crippen molar-refractivity contribution < 1.29 is 14.4 Å². The van der Waals surface area contributed by atoms with E-state index in [0.29, 0.717) is 12.8 Å². The van der Waals surface area contributed by atoms with Crippen LogP contribution in [0.1, 0.15) is 58.8 Å². The topological polar surface area (TPSA) is 69.7 Å². The highest BCUT2D eigenvalue weighted by atomic mass is 16.2. The molecular weight excluding hydrogens is 282 g/mol. The van der Waals surface area contributed by atoms with E-state index in [-0.39, 0.29) is 24.4 Å². The molecule has 6 heteroatoms. The molecule has 2 aliphatic rings. The molecule has 1 aliphatic carbocycles. The van der Waals surface area contributed by atoms with Crippen LogP contribution in [0.2, 0.25) is 0 Å². The predicted molar refractivity (Wildman–Crippen MR) is 83.2 cm³/mol. The van der Waals surface area contributed by atoms with Crippen LogP contribution in [0.5, 0.6) is 0 Å². The van der Waals surface area contributed by atoms with Gasteiger partial charge in [-0.15, -0.1) is 0 Å². The number of hydrogen-bond acceptors (Lipinski definition) is 3. The standard InChI is InChI=1S/C16H27N3O3/c1-4-16(5-2)14(21)19(15(22)17-16)11-13(20)18(3)12-9-7-6-8-10-12/h12H,4-11H2,1-3H3,(H,17,22). The van der Waals surface area contributed by atoms with E-state index >= 15 is 0 Å². The Kier molecular flexibility index (Phi) is 5.08. The van der Waals surface area contributed by atoms with Gasteiger partial charge in [0, 0.05) is 13.1 Å². The minimum atomic E-state index is -0.833. The monoisotopic (exact) mass is 309 g/mol. The van der Waals surface area contributed by atoms with E-state index in [1.165, 1.54) is 6.42 Å². The number of carbonyl (C=O) groups is 3. The minimum absolute atomic E-state index is 0.153. The minimum Gasteiger partial charge on any atom is -0.341 e. The lowest BCUT2D eigenvalue weighted by Crippen LogP contribution is -2.48. The lowest BCUT2D eigenvalue weighted by atomic mass is 9.93. The van der Waals surface area contributed by atoms with E-state index in [1.807, 2.05) is 13.8 Å². The summed E-state index contributed by atoms with van der Waals surface area (Å²) in [6.07, 6.45) is 6.60. The zero-order valence-corrected chi connectivity index (χ0v) is 13.9. The Morgan fingerprint density at radius 3 is 2.32 bits per heavy atom. The summed E-state index contributed by atoms with van der Waals surface area (Å²) in [5.41, 5.74) is -0.833. The molecule has 0 aromatic rings. The number of carbonyl (C=O) groups excluding carboxylic acids is 3. The number of amides is 4. The second-order valence-corrected chi connectivity index (χ2v) is 6.41. The van der Waals surface area contributed by atoms with E-state index in [4.69, 9.17) is 0 Å². The van der Waals surface area contributed by atoms with E-state index < -0.39 is 11.6 Å². The number of nitrogens with one attached hydrogen (secondary N) is 1. The van der Waals surface area contributed by atoms with Crippen LogP contribution in [-0.4, -0.2) is 52.8 Å². The Hall–Kier alpha value is -1.59. The van der Waals surface area contributed by atoms with Crippen LogP contribution in [0.4, 0.5) is 4.79 Å². The lowest BCUT2D eigenvalue weighted by molar-refractivity contribution is -0.139. The van der Waals surface area contributed by atoms with Crippen molar-refractivity contribution in [2.75, 3.05) is 13.6 Å². The van der Waals surface area contributed by atoms with Crippen molar-refractivity contribution in [2.45, 2.75) is 70.4 Å². The Bertz CT molecular complexity index is 454. The Morgan fingerprint density at radius 1 is 1.23 bits per heavy atom. The third-order valence-electron chi connectivity index (χ3n) is 5.26. The first-order valence-electron chi connectivity index (χ1n) is 8.35. The molecule has 4 amide bonds. The van der Waals surface area contributed by atoms with Crippen LogP contribution in [0.3, 0.4) is 0 Å². The maximum absolute atomic E-state index is 12.5. The smallest absolute Gasteiger partial charge is 0.325 e. The van der Waals surface area contributed by atoms with Gasteiger partial charge < -0.3 is 10.2 Å². The maximum Gasteiger partial charge on any atom is 0.325 e. The van der Waals surface area contributed by atoms with Gasteiger partial charge in [0.1, 0.15) is 12.1 Å². The normalized spacial score (nSPS) is 21.9. The Morgan fingerprint density at radius 2 is 1.82 bits per heavy atom. The number of urea groups is 1. The molecule has 0 radical (unpaired) electrons. The van der Waals surface area contributed by atoms with Gasteiger partial charge in [0.05, 0.1) is 0 Å². The zero-order chi connectivity index (χ0) is 16.3. The van der Waals surface area contributed by atoms with Crippen molar-refractivity contribution in [3.8, 4) is 0 Å². The van der Waals surface area contributed by atoms with Gasteiger partial charge in [0.2, 0.25) is 5.91 Å². The van der Waals surface area contributed by atoms with Gasteiger partial charge in [-0.2, -0.15) is 0 Å². The third kappa shape index (κ3) is 2.96. The molecule has 1 saturated carbocycles. The molecule has 124 valence electrons. The maximum atomic E-state index is 12.5. The molecule has 2 fully saturated rings. The number of rotatable bonds is 5. The summed E-state index contributed by atoms with van der Waals surface area (Å²) < 4.78 is 0. The fourth-order valence-electron chi connectivity index (χ4n) is 3.47. The fourth-order valence-corrected chi connectivity index (χ4v) is 3.47. The number of nitrogens with zero attached hydrogens (tertiary/aromatic N) is 2. The quantitative estimate of drug-likeness (QED) is 0.788. The van der Waals surface area contributed by atoms with E-state index in [0.717, 1.165) is 30.6 Å². The number of imide groups is 1. The van der Waals surface area contributed by atoms with Crippen LogP contribution in [0, 0.1) is 0 Å². The first-order chi connectivity index (χ1) is 10.4. The number of likely N-dealkylation sites (N-methyl/N-ethyl adjacent to an activating group) is 1. The molecule has 0 atom stereocenters. The van der Waals surface area contributed by atoms with E-state index in [2.05, 4.69) is 5.32 Å². The molecule has 6 nitrogen and oxygen atoms in total. The summed E-state index contributed by atoms with van der Waals surface area (Å²) in [7, 11) is 1.78.